The van der Waals surface area contributed by atoms with Crippen molar-refractivity contribution in [3.05, 3.63) is 39.7 Å². The SMILES string of the molecule is Cc1cc(=O)oc2c(CCO[Si](C)(C)C(C)(C)C)c(OS(=O)(=O)C(F)(F)F)ccc12. The van der Waals surface area contributed by atoms with Crippen molar-refractivity contribution in [3.8, 4) is 5.75 Å². The quantitative estimate of drug-likeness (QED) is 0.261. The van der Waals surface area contributed by atoms with E-state index in [1.54, 1.807) is 6.92 Å². The fourth-order valence-electron chi connectivity index (χ4n) is 2.53. The van der Waals surface area contributed by atoms with Crippen molar-refractivity contribution in [2.75, 3.05) is 6.61 Å². The molecule has 0 spiro atoms. The second-order valence-corrected chi connectivity index (χ2v) is 14.9. The van der Waals surface area contributed by atoms with Gasteiger partial charge >= 0.3 is 21.3 Å². The molecule has 1 heterocycles. The van der Waals surface area contributed by atoms with Crippen LogP contribution >= 0.6 is 0 Å². The third-order valence-corrected chi connectivity index (χ3v) is 10.8. The molecule has 2 rings (SSSR count). The highest BCUT2D eigenvalue weighted by atomic mass is 32.2. The molecule has 11 heteroatoms. The molecule has 168 valence electrons. The summed E-state index contributed by atoms with van der Waals surface area (Å²) in [6, 6.07) is 3.72. The molecular weight excluding hydrogens is 441 g/mol. The molecule has 0 radical (unpaired) electrons. The number of aryl methyl sites for hydroxylation is 1. The summed E-state index contributed by atoms with van der Waals surface area (Å²) in [7, 11) is -8.06. The van der Waals surface area contributed by atoms with Crippen LogP contribution in [0.25, 0.3) is 11.0 Å². The predicted molar refractivity (Wildman–Crippen MR) is 110 cm³/mol. The molecule has 0 fully saturated rings. The van der Waals surface area contributed by atoms with Crippen LogP contribution in [-0.4, -0.2) is 28.9 Å². The molecular formula is C19H25F3O6SSi. The summed E-state index contributed by atoms with van der Waals surface area (Å²) in [5.74, 6) is -0.549. The monoisotopic (exact) mass is 466 g/mol. The Morgan fingerprint density at radius 2 is 1.73 bits per heavy atom. The molecule has 0 N–H and O–H groups in total. The number of hydrogen-bond donors (Lipinski definition) is 0. The van der Waals surface area contributed by atoms with Gasteiger partial charge in [0.25, 0.3) is 0 Å². The minimum absolute atomic E-state index is 0.00104. The summed E-state index contributed by atoms with van der Waals surface area (Å²) in [6.07, 6.45) is -0.00104. The van der Waals surface area contributed by atoms with Crippen LogP contribution in [0.5, 0.6) is 5.75 Å². The van der Waals surface area contributed by atoms with Crippen LogP contribution in [-0.2, 0) is 21.0 Å². The molecule has 0 bridgehead atoms. The second kappa shape index (κ2) is 8.01. The zero-order valence-electron chi connectivity index (χ0n) is 17.6. The van der Waals surface area contributed by atoms with E-state index in [1.807, 2.05) is 33.9 Å². The number of hydrogen-bond acceptors (Lipinski definition) is 6. The lowest BCUT2D eigenvalue weighted by molar-refractivity contribution is -0.0500. The minimum atomic E-state index is -5.89. The number of benzene rings is 1. The van der Waals surface area contributed by atoms with Gasteiger partial charge in [-0.2, -0.15) is 21.6 Å². The van der Waals surface area contributed by atoms with Crippen LogP contribution in [0.4, 0.5) is 13.2 Å². The Balaban J connectivity index is 2.54. The molecule has 0 amide bonds. The maximum Gasteiger partial charge on any atom is 0.534 e. The molecule has 1 aromatic carbocycles. The predicted octanol–water partition coefficient (Wildman–Crippen LogP) is 4.89. The van der Waals surface area contributed by atoms with Crippen molar-refractivity contribution >= 4 is 29.4 Å². The van der Waals surface area contributed by atoms with Crippen molar-refractivity contribution in [1.82, 2.24) is 0 Å². The van der Waals surface area contributed by atoms with Gasteiger partial charge in [-0.1, -0.05) is 20.8 Å². The zero-order chi connectivity index (χ0) is 23.1. The molecule has 1 aromatic heterocycles. The molecule has 0 aliphatic heterocycles. The van der Waals surface area contributed by atoms with Gasteiger partial charge in [-0.3, -0.25) is 0 Å². The first-order valence-corrected chi connectivity index (χ1v) is 13.5. The lowest BCUT2D eigenvalue weighted by atomic mass is 10.0. The van der Waals surface area contributed by atoms with Gasteiger partial charge in [0.2, 0.25) is 0 Å². The smallest absolute Gasteiger partial charge is 0.422 e. The fourth-order valence-corrected chi connectivity index (χ4v) is 4.06. The van der Waals surface area contributed by atoms with Crippen molar-refractivity contribution < 1.29 is 34.6 Å². The van der Waals surface area contributed by atoms with Crippen LogP contribution in [0.2, 0.25) is 18.1 Å². The molecule has 0 aliphatic carbocycles. The van der Waals surface area contributed by atoms with Crippen LogP contribution in [0, 0.1) is 6.92 Å². The molecule has 0 aliphatic rings. The summed E-state index contributed by atoms with van der Waals surface area (Å²) in [6.45, 7) is 11.8. The highest BCUT2D eigenvalue weighted by Crippen LogP contribution is 2.38. The molecule has 6 nitrogen and oxygen atoms in total. The first-order valence-electron chi connectivity index (χ1n) is 9.17. The molecule has 2 aromatic rings. The number of rotatable bonds is 6. The van der Waals surface area contributed by atoms with Gasteiger partial charge in [0.05, 0.1) is 0 Å². The van der Waals surface area contributed by atoms with Gasteiger partial charge < -0.3 is 13.0 Å². The average molecular weight is 467 g/mol. The summed E-state index contributed by atoms with van der Waals surface area (Å²) >= 11 is 0. The maximum absolute atomic E-state index is 12.8. The summed E-state index contributed by atoms with van der Waals surface area (Å²) in [5, 5.41) is 0.363. The summed E-state index contributed by atoms with van der Waals surface area (Å²) < 4.78 is 77.2. The topological polar surface area (TPSA) is 82.8 Å². The molecule has 0 atom stereocenters. The molecule has 30 heavy (non-hydrogen) atoms. The Hall–Kier alpha value is -1.85. The molecule has 0 saturated heterocycles. The summed E-state index contributed by atoms with van der Waals surface area (Å²) in [5.41, 5.74) is -5.75. The van der Waals surface area contributed by atoms with E-state index in [0.29, 0.717) is 10.9 Å². The van der Waals surface area contributed by atoms with Gasteiger partial charge in [-0.15, -0.1) is 0 Å². The zero-order valence-corrected chi connectivity index (χ0v) is 19.5. The van der Waals surface area contributed by atoms with Crippen molar-refractivity contribution in [2.24, 2.45) is 0 Å². The van der Waals surface area contributed by atoms with Gasteiger partial charge in [0, 0.05) is 30.0 Å². The highest BCUT2D eigenvalue weighted by Gasteiger charge is 2.49. The van der Waals surface area contributed by atoms with E-state index in [4.69, 9.17) is 8.84 Å². The van der Waals surface area contributed by atoms with Crippen molar-refractivity contribution in [1.29, 1.82) is 0 Å². The number of alkyl halides is 3. The van der Waals surface area contributed by atoms with Gasteiger partial charge in [0.1, 0.15) is 11.3 Å². The van der Waals surface area contributed by atoms with E-state index in [9.17, 15) is 26.4 Å². The van der Waals surface area contributed by atoms with Crippen molar-refractivity contribution in [2.45, 2.75) is 57.8 Å². The van der Waals surface area contributed by atoms with E-state index < -0.39 is 35.3 Å². The van der Waals surface area contributed by atoms with Crippen molar-refractivity contribution in [3.63, 3.8) is 0 Å². The lowest BCUT2D eigenvalue weighted by Gasteiger charge is -2.36. The van der Waals surface area contributed by atoms with Gasteiger partial charge in [-0.25, -0.2) is 4.79 Å². The standard InChI is InChI=1S/C19H25F3O6SSi/c1-12-11-16(23)27-17-13(12)7-8-15(28-29(24,25)19(20,21)22)14(17)9-10-26-30(5,6)18(2,3)4/h7-8,11H,9-10H2,1-6H3. The largest absolute Gasteiger partial charge is 0.534 e. The van der Waals surface area contributed by atoms with Crippen LogP contribution in [0.3, 0.4) is 0 Å². The Morgan fingerprint density at radius 3 is 2.27 bits per heavy atom. The first kappa shape index (κ1) is 24.4. The summed E-state index contributed by atoms with van der Waals surface area (Å²) in [4.78, 5) is 11.8. The van der Waals surface area contributed by atoms with Crippen LogP contribution in [0.1, 0.15) is 31.9 Å². The Bertz CT molecular complexity index is 1100. The van der Waals surface area contributed by atoms with E-state index in [1.165, 1.54) is 12.1 Å². The number of fused-ring (bicyclic) bond motifs is 1. The Kier molecular flexibility index (Phi) is 6.52. The van der Waals surface area contributed by atoms with Gasteiger partial charge in [0.15, 0.2) is 8.32 Å². The Labute approximate surface area is 174 Å². The number of halogens is 3. The van der Waals surface area contributed by atoms with Gasteiger partial charge in [-0.05, 0) is 42.8 Å². The third kappa shape index (κ3) is 5.06. The third-order valence-electron chi connectivity index (χ3n) is 5.28. The van der Waals surface area contributed by atoms with Crippen LogP contribution in [0.15, 0.2) is 27.4 Å². The highest BCUT2D eigenvalue weighted by molar-refractivity contribution is 7.88. The normalized spacial score (nSPS) is 13.6. The average Bonchev–Trinajstić information content (AvgIpc) is 2.54. The Morgan fingerprint density at radius 1 is 1.13 bits per heavy atom. The fraction of sp³-hybridized carbons (Fsp3) is 0.526. The van der Waals surface area contributed by atoms with E-state index >= 15 is 0 Å². The minimum Gasteiger partial charge on any atom is -0.422 e. The molecule has 0 unspecified atom stereocenters. The lowest BCUT2D eigenvalue weighted by Crippen LogP contribution is -2.41. The first-order chi connectivity index (χ1) is 13.5. The maximum atomic E-state index is 12.8. The van der Waals surface area contributed by atoms with E-state index in [-0.39, 0.29) is 29.2 Å². The molecule has 0 saturated carbocycles. The second-order valence-electron chi connectivity index (χ2n) is 8.51. The van der Waals surface area contributed by atoms with E-state index in [2.05, 4.69) is 4.18 Å². The van der Waals surface area contributed by atoms with E-state index in [0.717, 1.165) is 6.07 Å². The van der Waals surface area contributed by atoms with Crippen LogP contribution < -0.4 is 9.81 Å².